The van der Waals surface area contributed by atoms with Gasteiger partial charge < -0.3 is 10.1 Å². The zero-order valence-electron chi connectivity index (χ0n) is 11.3. The second-order valence-electron chi connectivity index (χ2n) is 5.56. The fourth-order valence-electron chi connectivity index (χ4n) is 2.90. The van der Waals surface area contributed by atoms with E-state index in [0.717, 1.165) is 44.3 Å². The van der Waals surface area contributed by atoms with Crippen LogP contribution in [0.4, 0.5) is 0 Å². The van der Waals surface area contributed by atoms with Crippen LogP contribution < -0.4 is 5.32 Å². The summed E-state index contributed by atoms with van der Waals surface area (Å²) in [6, 6.07) is 10.5. The van der Waals surface area contributed by atoms with Crippen molar-refractivity contribution in [3.8, 4) is 0 Å². The number of ether oxygens (including phenoxy) is 1. The predicted molar refractivity (Wildman–Crippen MR) is 77.5 cm³/mol. The van der Waals surface area contributed by atoms with E-state index in [-0.39, 0.29) is 6.10 Å². The molecule has 19 heavy (non-hydrogen) atoms. The molecule has 0 aromatic heterocycles. The molecule has 3 nitrogen and oxygen atoms in total. The average molecular weight is 258 g/mol. The third-order valence-corrected chi connectivity index (χ3v) is 4.00. The number of benzene rings is 1. The summed E-state index contributed by atoms with van der Waals surface area (Å²) >= 11 is 0. The van der Waals surface area contributed by atoms with Gasteiger partial charge in [-0.15, -0.1) is 0 Å². The lowest BCUT2D eigenvalue weighted by molar-refractivity contribution is 0.212. The van der Waals surface area contributed by atoms with Crippen LogP contribution in [-0.2, 0) is 11.2 Å². The molecule has 0 spiro atoms. The smallest absolute Gasteiger partial charge is 0.184 e. The Labute approximate surface area is 115 Å². The molecular formula is C16H22N2O. The SMILES string of the molecule is c1ccc(CC2CN=C(CC3CCNCC3)O2)cc1. The fourth-order valence-corrected chi connectivity index (χ4v) is 2.90. The molecule has 1 fully saturated rings. The van der Waals surface area contributed by atoms with Crippen molar-refractivity contribution in [1.82, 2.24) is 5.32 Å². The number of aliphatic imine (C=N–C) groups is 1. The van der Waals surface area contributed by atoms with Crippen molar-refractivity contribution in [2.75, 3.05) is 19.6 Å². The van der Waals surface area contributed by atoms with Gasteiger partial charge in [-0.05, 0) is 37.4 Å². The molecule has 0 saturated carbocycles. The molecule has 1 unspecified atom stereocenters. The maximum absolute atomic E-state index is 6.00. The summed E-state index contributed by atoms with van der Waals surface area (Å²) in [5.74, 6) is 1.75. The van der Waals surface area contributed by atoms with Crippen molar-refractivity contribution in [1.29, 1.82) is 0 Å². The van der Waals surface area contributed by atoms with Crippen molar-refractivity contribution in [2.45, 2.75) is 31.8 Å². The first-order valence-electron chi connectivity index (χ1n) is 7.35. The lowest BCUT2D eigenvalue weighted by Gasteiger charge is -2.22. The first kappa shape index (κ1) is 12.7. The normalized spacial score (nSPS) is 24.0. The molecule has 0 radical (unpaired) electrons. The van der Waals surface area contributed by atoms with E-state index in [0.29, 0.717) is 0 Å². The Morgan fingerprint density at radius 2 is 1.89 bits per heavy atom. The van der Waals surface area contributed by atoms with Gasteiger partial charge in [-0.1, -0.05) is 30.3 Å². The number of rotatable bonds is 4. The van der Waals surface area contributed by atoms with Gasteiger partial charge in [0.1, 0.15) is 6.10 Å². The number of hydrogen-bond donors (Lipinski definition) is 1. The molecule has 0 bridgehead atoms. The van der Waals surface area contributed by atoms with Crippen molar-refractivity contribution in [2.24, 2.45) is 10.9 Å². The molecule has 0 aliphatic carbocycles. The highest BCUT2D eigenvalue weighted by atomic mass is 16.5. The van der Waals surface area contributed by atoms with Crippen LogP contribution in [-0.4, -0.2) is 31.6 Å². The minimum absolute atomic E-state index is 0.249. The second-order valence-corrected chi connectivity index (χ2v) is 5.56. The molecule has 1 aromatic rings. The fraction of sp³-hybridized carbons (Fsp3) is 0.562. The van der Waals surface area contributed by atoms with Gasteiger partial charge in [0.2, 0.25) is 0 Å². The predicted octanol–water partition coefficient (Wildman–Crippen LogP) is 2.42. The molecule has 1 atom stereocenters. The summed E-state index contributed by atoms with van der Waals surface area (Å²) in [5.41, 5.74) is 1.34. The minimum atomic E-state index is 0.249. The lowest BCUT2D eigenvalue weighted by Crippen LogP contribution is -2.29. The summed E-state index contributed by atoms with van der Waals surface area (Å²) in [7, 11) is 0. The van der Waals surface area contributed by atoms with E-state index >= 15 is 0 Å². The van der Waals surface area contributed by atoms with Gasteiger partial charge in [0.05, 0.1) is 6.54 Å². The summed E-state index contributed by atoms with van der Waals surface area (Å²) in [5, 5.41) is 3.40. The molecule has 0 amide bonds. The van der Waals surface area contributed by atoms with E-state index in [1.807, 2.05) is 0 Å². The molecule has 3 heteroatoms. The standard InChI is InChI=1S/C16H22N2O/c1-2-4-13(5-3-1)10-15-12-18-16(19-15)11-14-6-8-17-9-7-14/h1-5,14-15,17H,6-12H2. The van der Waals surface area contributed by atoms with Crippen LogP contribution in [0, 0.1) is 5.92 Å². The van der Waals surface area contributed by atoms with Gasteiger partial charge >= 0.3 is 0 Å². The summed E-state index contributed by atoms with van der Waals surface area (Å²) in [6.07, 6.45) is 4.77. The number of nitrogens with one attached hydrogen (secondary N) is 1. The van der Waals surface area contributed by atoms with Crippen LogP contribution >= 0.6 is 0 Å². The highest BCUT2D eigenvalue weighted by Gasteiger charge is 2.23. The van der Waals surface area contributed by atoms with Crippen LogP contribution in [0.2, 0.25) is 0 Å². The number of nitrogens with zero attached hydrogens (tertiary/aromatic N) is 1. The molecule has 3 rings (SSSR count). The van der Waals surface area contributed by atoms with E-state index in [1.165, 1.54) is 18.4 Å². The largest absolute Gasteiger partial charge is 0.475 e. The topological polar surface area (TPSA) is 33.6 Å². The summed E-state index contributed by atoms with van der Waals surface area (Å²) in [4.78, 5) is 4.58. The lowest BCUT2D eigenvalue weighted by atomic mass is 9.95. The van der Waals surface area contributed by atoms with E-state index < -0.39 is 0 Å². The van der Waals surface area contributed by atoms with E-state index in [9.17, 15) is 0 Å². The van der Waals surface area contributed by atoms with Crippen LogP contribution in [0.5, 0.6) is 0 Å². The number of piperidine rings is 1. The van der Waals surface area contributed by atoms with Gasteiger partial charge in [0, 0.05) is 12.8 Å². The van der Waals surface area contributed by atoms with Crippen molar-refractivity contribution < 1.29 is 4.74 Å². The van der Waals surface area contributed by atoms with Crippen molar-refractivity contribution in [3.05, 3.63) is 35.9 Å². The van der Waals surface area contributed by atoms with Crippen LogP contribution in [0.3, 0.4) is 0 Å². The maximum Gasteiger partial charge on any atom is 0.184 e. The Balaban J connectivity index is 1.46. The van der Waals surface area contributed by atoms with Crippen molar-refractivity contribution >= 4 is 5.90 Å². The zero-order valence-corrected chi connectivity index (χ0v) is 11.3. The molecule has 1 aromatic carbocycles. The van der Waals surface area contributed by atoms with Gasteiger partial charge in [-0.3, -0.25) is 4.99 Å². The first-order valence-corrected chi connectivity index (χ1v) is 7.35. The Morgan fingerprint density at radius 3 is 2.68 bits per heavy atom. The third-order valence-electron chi connectivity index (χ3n) is 4.00. The molecular weight excluding hydrogens is 236 g/mol. The van der Waals surface area contributed by atoms with Gasteiger partial charge in [0.25, 0.3) is 0 Å². The van der Waals surface area contributed by atoms with Crippen LogP contribution in [0.15, 0.2) is 35.3 Å². The van der Waals surface area contributed by atoms with E-state index in [2.05, 4.69) is 40.6 Å². The summed E-state index contributed by atoms with van der Waals surface area (Å²) in [6.45, 7) is 3.12. The second kappa shape index (κ2) is 6.20. The van der Waals surface area contributed by atoms with E-state index in [1.54, 1.807) is 0 Å². The molecule has 2 aliphatic heterocycles. The Hall–Kier alpha value is -1.35. The molecule has 2 heterocycles. The minimum Gasteiger partial charge on any atom is -0.475 e. The van der Waals surface area contributed by atoms with Gasteiger partial charge in [-0.25, -0.2) is 0 Å². The molecule has 2 aliphatic rings. The quantitative estimate of drug-likeness (QED) is 0.900. The highest BCUT2D eigenvalue weighted by molar-refractivity contribution is 5.78. The zero-order chi connectivity index (χ0) is 12.9. The molecule has 1 saturated heterocycles. The van der Waals surface area contributed by atoms with E-state index in [4.69, 9.17) is 4.74 Å². The average Bonchev–Trinajstić information content (AvgIpc) is 2.88. The van der Waals surface area contributed by atoms with Crippen molar-refractivity contribution in [3.63, 3.8) is 0 Å². The van der Waals surface area contributed by atoms with Gasteiger partial charge in [-0.2, -0.15) is 0 Å². The third kappa shape index (κ3) is 3.57. The first-order chi connectivity index (χ1) is 9.40. The monoisotopic (exact) mass is 258 g/mol. The number of hydrogen-bond acceptors (Lipinski definition) is 3. The Bertz CT molecular complexity index is 424. The molecule has 102 valence electrons. The van der Waals surface area contributed by atoms with Gasteiger partial charge in [0.15, 0.2) is 5.90 Å². The van der Waals surface area contributed by atoms with Crippen LogP contribution in [0.25, 0.3) is 0 Å². The Morgan fingerprint density at radius 1 is 1.11 bits per heavy atom. The van der Waals surface area contributed by atoms with Crippen LogP contribution in [0.1, 0.15) is 24.8 Å². The Kier molecular flexibility index (Phi) is 4.13. The highest BCUT2D eigenvalue weighted by Crippen LogP contribution is 2.21. The maximum atomic E-state index is 6.00. The summed E-state index contributed by atoms with van der Waals surface area (Å²) < 4.78 is 6.00. The molecule has 1 N–H and O–H groups in total.